The number of nitro groups is 2. The molecule has 13 nitrogen and oxygen atoms in total. The molecule has 1 N–H and O–H groups in total. The van der Waals surface area contributed by atoms with Crippen LogP contribution in [0.3, 0.4) is 0 Å². The molecule has 0 atom stereocenters. The molecule has 0 saturated heterocycles. The Morgan fingerprint density at radius 3 is 2.66 bits per heavy atom. The minimum atomic E-state index is -0.697. The van der Waals surface area contributed by atoms with Crippen molar-refractivity contribution in [2.24, 2.45) is 4.99 Å². The molecule has 0 radical (unpaired) electrons. The quantitative estimate of drug-likeness (QED) is 0.244. The van der Waals surface area contributed by atoms with Crippen LogP contribution in [-0.2, 0) is 0 Å². The molecule has 0 aliphatic carbocycles. The van der Waals surface area contributed by atoms with E-state index in [2.05, 4.69) is 25.5 Å². The van der Waals surface area contributed by atoms with Crippen molar-refractivity contribution in [3.8, 4) is 5.69 Å². The van der Waals surface area contributed by atoms with Gasteiger partial charge in [0.2, 0.25) is 0 Å². The molecular formula is C18H14N8O5S. The number of rotatable bonds is 7. The lowest BCUT2D eigenvalue weighted by atomic mass is 10.2. The highest BCUT2D eigenvalue weighted by Crippen LogP contribution is 2.33. The minimum absolute atomic E-state index is 0.0414. The van der Waals surface area contributed by atoms with Crippen LogP contribution < -0.4 is 5.32 Å². The lowest BCUT2D eigenvalue weighted by Gasteiger charge is -2.09. The van der Waals surface area contributed by atoms with Gasteiger partial charge in [0, 0.05) is 29.9 Å². The first-order valence-electron chi connectivity index (χ1n) is 9.00. The number of hydrogen-bond donors (Lipinski definition) is 1. The van der Waals surface area contributed by atoms with E-state index >= 15 is 0 Å². The van der Waals surface area contributed by atoms with E-state index in [9.17, 15) is 20.2 Å². The normalized spacial score (nSPS) is 11.2. The summed E-state index contributed by atoms with van der Waals surface area (Å²) in [5, 5.41) is 36.4. The summed E-state index contributed by atoms with van der Waals surface area (Å²) in [6.45, 7) is 3.44. The van der Waals surface area contributed by atoms with Gasteiger partial charge in [0.1, 0.15) is 17.3 Å². The van der Waals surface area contributed by atoms with Gasteiger partial charge >= 0.3 is 5.69 Å². The number of hydrogen-bond acceptors (Lipinski definition) is 11. The minimum Gasteiger partial charge on any atom is -0.359 e. The zero-order chi connectivity index (χ0) is 22.8. The van der Waals surface area contributed by atoms with Gasteiger partial charge in [-0.1, -0.05) is 5.16 Å². The summed E-state index contributed by atoms with van der Waals surface area (Å²) in [4.78, 5) is 29.8. The fourth-order valence-electron chi connectivity index (χ4n) is 2.87. The number of thiazole rings is 1. The van der Waals surface area contributed by atoms with Crippen molar-refractivity contribution in [3.05, 3.63) is 73.1 Å². The van der Waals surface area contributed by atoms with Gasteiger partial charge in [-0.05, 0) is 19.9 Å². The maximum atomic E-state index is 11.7. The van der Waals surface area contributed by atoms with Crippen molar-refractivity contribution in [2.45, 2.75) is 13.8 Å². The molecule has 3 aromatic heterocycles. The summed E-state index contributed by atoms with van der Waals surface area (Å²) in [6, 6.07) is 4.99. The van der Waals surface area contributed by atoms with Crippen LogP contribution in [0.5, 0.6) is 0 Å². The maximum Gasteiger partial charge on any atom is 0.301 e. The first kappa shape index (κ1) is 20.8. The second-order valence-corrected chi connectivity index (χ2v) is 7.36. The van der Waals surface area contributed by atoms with Crippen LogP contribution in [0.15, 0.2) is 45.4 Å². The molecule has 0 fully saturated rings. The Kier molecular flexibility index (Phi) is 5.43. The lowest BCUT2D eigenvalue weighted by Crippen LogP contribution is -2.07. The van der Waals surface area contributed by atoms with Gasteiger partial charge in [-0.2, -0.15) is 5.10 Å². The third-order valence-corrected chi connectivity index (χ3v) is 4.99. The van der Waals surface area contributed by atoms with E-state index in [-0.39, 0.29) is 5.69 Å². The standard InChI is InChI=1S/C18H14N8O5S/c1-10-7-16(23-31-10)20-9-13-11(2)22-24(17(13)21-18-19-5-6-32-18)14-4-3-12(25(27)28)8-15(14)26(29)30/h3-9H,1-2H3,(H,19,21). The van der Waals surface area contributed by atoms with Crippen molar-refractivity contribution in [1.29, 1.82) is 0 Å². The summed E-state index contributed by atoms with van der Waals surface area (Å²) in [5.74, 6) is 1.28. The highest BCUT2D eigenvalue weighted by Gasteiger charge is 2.25. The summed E-state index contributed by atoms with van der Waals surface area (Å²) < 4.78 is 6.31. The van der Waals surface area contributed by atoms with E-state index in [1.54, 1.807) is 31.5 Å². The molecule has 0 saturated carbocycles. The molecule has 4 rings (SSSR count). The van der Waals surface area contributed by atoms with Crippen LogP contribution in [-0.4, -0.2) is 36.0 Å². The smallest absolute Gasteiger partial charge is 0.301 e. The third kappa shape index (κ3) is 4.06. The van der Waals surface area contributed by atoms with E-state index in [1.807, 2.05) is 0 Å². The van der Waals surface area contributed by atoms with E-state index in [0.29, 0.717) is 33.8 Å². The molecule has 0 spiro atoms. The third-order valence-electron chi connectivity index (χ3n) is 4.30. The van der Waals surface area contributed by atoms with Crippen LogP contribution in [0.2, 0.25) is 0 Å². The van der Waals surface area contributed by atoms with E-state index < -0.39 is 21.2 Å². The van der Waals surface area contributed by atoms with Crippen molar-refractivity contribution in [3.63, 3.8) is 0 Å². The van der Waals surface area contributed by atoms with Crippen LogP contribution in [0, 0.1) is 34.1 Å². The van der Waals surface area contributed by atoms with E-state index in [4.69, 9.17) is 4.52 Å². The average molecular weight is 454 g/mol. The van der Waals surface area contributed by atoms with Crippen molar-refractivity contribution < 1.29 is 14.4 Å². The second kappa shape index (κ2) is 8.35. The molecule has 0 bridgehead atoms. The number of aryl methyl sites for hydroxylation is 2. The van der Waals surface area contributed by atoms with Gasteiger partial charge in [-0.3, -0.25) is 20.2 Å². The molecular weight excluding hydrogens is 440 g/mol. The Labute approximate surface area is 183 Å². The van der Waals surface area contributed by atoms with Crippen LogP contribution in [0.4, 0.5) is 28.1 Å². The molecule has 0 amide bonds. The second-order valence-electron chi connectivity index (χ2n) is 6.46. The molecule has 0 aliphatic rings. The molecule has 3 heterocycles. The number of nitrogens with one attached hydrogen (secondary N) is 1. The van der Waals surface area contributed by atoms with Crippen molar-refractivity contribution in [2.75, 3.05) is 5.32 Å². The first-order chi connectivity index (χ1) is 15.3. The Bertz CT molecular complexity index is 1340. The molecule has 32 heavy (non-hydrogen) atoms. The topological polar surface area (TPSA) is 167 Å². The molecule has 4 aromatic rings. The zero-order valence-electron chi connectivity index (χ0n) is 16.6. The Morgan fingerprint density at radius 2 is 2.03 bits per heavy atom. The van der Waals surface area contributed by atoms with E-state index in [0.717, 1.165) is 6.07 Å². The van der Waals surface area contributed by atoms with Gasteiger partial charge in [0.15, 0.2) is 10.9 Å². The van der Waals surface area contributed by atoms with Crippen LogP contribution in [0.25, 0.3) is 5.69 Å². The Hall–Kier alpha value is -4.46. The van der Waals surface area contributed by atoms with Crippen molar-refractivity contribution >= 4 is 45.7 Å². The summed E-state index contributed by atoms with van der Waals surface area (Å²) in [7, 11) is 0. The molecule has 1 aromatic carbocycles. The predicted molar refractivity (Wildman–Crippen MR) is 116 cm³/mol. The zero-order valence-corrected chi connectivity index (χ0v) is 17.4. The van der Waals surface area contributed by atoms with Gasteiger partial charge < -0.3 is 9.84 Å². The van der Waals surface area contributed by atoms with Crippen LogP contribution in [0.1, 0.15) is 17.0 Å². The number of nitro benzene ring substituents is 2. The monoisotopic (exact) mass is 454 g/mol. The largest absolute Gasteiger partial charge is 0.359 e. The predicted octanol–water partition coefficient (Wildman–Crippen LogP) is 4.24. The van der Waals surface area contributed by atoms with Gasteiger partial charge in [-0.25, -0.2) is 14.7 Å². The highest BCUT2D eigenvalue weighted by atomic mass is 32.1. The molecule has 14 heteroatoms. The number of benzene rings is 1. The van der Waals surface area contributed by atoms with Gasteiger partial charge in [0.05, 0.1) is 27.2 Å². The number of non-ortho nitro benzene ring substituents is 1. The fraction of sp³-hybridized carbons (Fsp3) is 0.111. The first-order valence-corrected chi connectivity index (χ1v) is 9.88. The number of anilines is 2. The van der Waals surface area contributed by atoms with Gasteiger partial charge in [-0.15, -0.1) is 11.3 Å². The number of aromatic nitrogens is 4. The molecule has 0 unspecified atom stereocenters. The Morgan fingerprint density at radius 1 is 1.22 bits per heavy atom. The summed E-state index contributed by atoms with van der Waals surface area (Å²) >= 11 is 1.32. The maximum absolute atomic E-state index is 11.7. The SMILES string of the molecule is Cc1cc(N=Cc2c(C)nn(-c3ccc([N+](=O)[O-])cc3[N+](=O)[O-])c2Nc2nccs2)no1. The Balaban J connectivity index is 1.88. The lowest BCUT2D eigenvalue weighted by molar-refractivity contribution is -0.394. The fourth-order valence-corrected chi connectivity index (χ4v) is 3.40. The number of nitrogens with zero attached hydrogens (tertiary/aromatic N) is 7. The van der Waals surface area contributed by atoms with Crippen LogP contribution >= 0.6 is 11.3 Å². The average Bonchev–Trinajstić information content (AvgIpc) is 3.48. The van der Waals surface area contributed by atoms with Gasteiger partial charge in [0.25, 0.3) is 5.69 Å². The molecule has 162 valence electrons. The summed E-state index contributed by atoms with van der Waals surface area (Å²) in [6.07, 6.45) is 3.10. The van der Waals surface area contributed by atoms with Crippen molar-refractivity contribution in [1.82, 2.24) is 19.9 Å². The highest BCUT2D eigenvalue weighted by molar-refractivity contribution is 7.13. The number of aliphatic imine (C=N–C) groups is 1. The summed E-state index contributed by atoms with van der Waals surface area (Å²) in [5.41, 5.74) is 0.190. The van der Waals surface area contributed by atoms with E-state index in [1.165, 1.54) is 34.4 Å². The molecule has 0 aliphatic heterocycles.